The highest BCUT2D eigenvalue weighted by molar-refractivity contribution is 5.79. The Hall–Kier alpha value is -1.42. The van der Waals surface area contributed by atoms with Crippen LogP contribution >= 0.6 is 0 Å². The Labute approximate surface area is 98.9 Å². The van der Waals surface area contributed by atoms with Gasteiger partial charge >= 0.3 is 5.97 Å². The van der Waals surface area contributed by atoms with Crippen molar-refractivity contribution in [3.63, 3.8) is 0 Å². The van der Waals surface area contributed by atoms with Crippen LogP contribution in [0.15, 0.2) is 30.3 Å². The number of aliphatic hydroxyl groups is 1. The van der Waals surface area contributed by atoms with E-state index in [4.69, 9.17) is 0 Å². The number of carbonyl (C=O) groups is 1. The summed E-state index contributed by atoms with van der Waals surface area (Å²) in [5, 5.41) is 19.7. The zero-order valence-electron chi connectivity index (χ0n) is 9.34. The number of rotatable bonds is 3. The van der Waals surface area contributed by atoms with E-state index >= 15 is 0 Å². The van der Waals surface area contributed by atoms with Gasteiger partial charge in [0.05, 0.1) is 0 Å². The van der Waals surface area contributed by atoms with Crippen LogP contribution in [0.5, 0.6) is 0 Å². The van der Waals surface area contributed by atoms with E-state index < -0.39 is 23.7 Å². The molecule has 17 heavy (non-hydrogen) atoms. The van der Waals surface area contributed by atoms with Crippen molar-refractivity contribution < 1.29 is 19.4 Å². The van der Waals surface area contributed by atoms with Gasteiger partial charge in [0.25, 0.3) is 0 Å². The zero-order chi connectivity index (χ0) is 12.5. The van der Waals surface area contributed by atoms with Crippen molar-refractivity contribution in [3.05, 3.63) is 35.9 Å². The molecule has 92 valence electrons. The molecule has 0 amide bonds. The van der Waals surface area contributed by atoms with Crippen LogP contribution in [-0.4, -0.2) is 22.4 Å². The van der Waals surface area contributed by atoms with Crippen molar-refractivity contribution in [1.82, 2.24) is 0 Å². The SMILES string of the molecule is O=C(O)[C@](O)(c1ccccc1)[C@@H]1CCC(F)C1. The molecule has 1 saturated carbocycles. The summed E-state index contributed by atoms with van der Waals surface area (Å²) in [4.78, 5) is 11.3. The number of benzene rings is 1. The summed E-state index contributed by atoms with van der Waals surface area (Å²) >= 11 is 0. The molecule has 0 aromatic heterocycles. The second-order valence-corrected chi connectivity index (χ2v) is 4.54. The van der Waals surface area contributed by atoms with Crippen molar-refractivity contribution in [1.29, 1.82) is 0 Å². The van der Waals surface area contributed by atoms with E-state index in [9.17, 15) is 19.4 Å². The maximum Gasteiger partial charge on any atom is 0.340 e. The van der Waals surface area contributed by atoms with Gasteiger partial charge in [0.1, 0.15) is 6.17 Å². The van der Waals surface area contributed by atoms with Crippen LogP contribution in [0.1, 0.15) is 24.8 Å². The van der Waals surface area contributed by atoms with Crippen molar-refractivity contribution in [3.8, 4) is 0 Å². The third kappa shape index (κ3) is 2.05. The molecule has 2 N–H and O–H groups in total. The molecule has 1 fully saturated rings. The summed E-state index contributed by atoms with van der Waals surface area (Å²) in [6.45, 7) is 0. The van der Waals surface area contributed by atoms with Crippen LogP contribution in [0, 0.1) is 5.92 Å². The smallest absolute Gasteiger partial charge is 0.340 e. The van der Waals surface area contributed by atoms with Crippen molar-refractivity contribution >= 4 is 5.97 Å². The lowest BCUT2D eigenvalue weighted by atomic mass is 9.80. The Kier molecular flexibility index (Phi) is 3.15. The molecule has 0 heterocycles. The van der Waals surface area contributed by atoms with Gasteiger partial charge in [-0.05, 0) is 24.8 Å². The number of halogens is 1. The highest BCUT2D eigenvalue weighted by atomic mass is 19.1. The summed E-state index contributed by atoms with van der Waals surface area (Å²) in [7, 11) is 0. The van der Waals surface area contributed by atoms with Crippen molar-refractivity contribution in [2.45, 2.75) is 31.0 Å². The van der Waals surface area contributed by atoms with Crippen LogP contribution in [0.2, 0.25) is 0 Å². The molecule has 3 atom stereocenters. The highest BCUT2D eigenvalue weighted by Crippen LogP contribution is 2.41. The van der Waals surface area contributed by atoms with Gasteiger partial charge in [0.15, 0.2) is 5.60 Å². The first-order chi connectivity index (χ1) is 8.05. The fourth-order valence-corrected chi connectivity index (χ4v) is 2.53. The predicted molar refractivity (Wildman–Crippen MR) is 60.2 cm³/mol. The summed E-state index contributed by atoms with van der Waals surface area (Å²) in [6.07, 6.45) is -0.168. The predicted octanol–water partition coefficient (Wildman–Crippen LogP) is 2.10. The molecule has 4 heteroatoms. The first-order valence-corrected chi connectivity index (χ1v) is 5.70. The van der Waals surface area contributed by atoms with E-state index in [2.05, 4.69) is 0 Å². The molecule has 1 unspecified atom stereocenters. The molecular formula is C13H15FO3. The summed E-state index contributed by atoms with van der Waals surface area (Å²) in [6, 6.07) is 8.23. The molecule has 1 aliphatic rings. The minimum absolute atomic E-state index is 0.109. The van der Waals surface area contributed by atoms with Crippen LogP contribution in [0.3, 0.4) is 0 Å². The van der Waals surface area contributed by atoms with Crippen LogP contribution < -0.4 is 0 Å². The molecule has 2 rings (SSSR count). The minimum Gasteiger partial charge on any atom is -0.479 e. The molecule has 1 aromatic rings. The fourth-order valence-electron chi connectivity index (χ4n) is 2.53. The van der Waals surface area contributed by atoms with E-state index in [0.29, 0.717) is 18.4 Å². The largest absolute Gasteiger partial charge is 0.479 e. The van der Waals surface area contributed by atoms with E-state index in [1.54, 1.807) is 30.3 Å². The van der Waals surface area contributed by atoms with Gasteiger partial charge in [-0.25, -0.2) is 9.18 Å². The minimum atomic E-state index is -1.97. The summed E-state index contributed by atoms with van der Waals surface area (Å²) < 4.78 is 13.2. The zero-order valence-corrected chi connectivity index (χ0v) is 9.34. The van der Waals surface area contributed by atoms with E-state index in [0.717, 1.165) is 0 Å². The molecule has 3 nitrogen and oxygen atoms in total. The van der Waals surface area contributed by atoms with Gasteiger partial charge in [-0.1, -0.05) is 30.3 Å². The van der Waals surface area contributed by atoms with Crippen molar-refractivity contribution in [2.24, 2.45) is 5.92 Å². The van der Waals surface area contributed by atoms with E-state index in [-0.39, 0.29) is 6.42 Å². The number of hydrogen-bond donors (Lipinski definition) is 2. The second-order valence-electron chi connectivity index (χ2n) is 4.54. The molecule has 0 bridgehead atoms. The van der Waals surface area contributed by atoms with E-state index in [1.165, 1.54) is 0 Å². The third-order valence-corrected chi connectivity index (χ3v) is 3.50. The standard InChI is InChI=1S/C13H15FO3/c14-11-7-6-10(8-11)13(17,12(15)16)9-4-2-1-3-5-9/h1-5,10-11,17H,6-8H2,(H,15,16)/t10-,11?,13+/m1/s1. The quantitative estimate of drug-likeness (QED) is 0.847. The average Bonchev–Trinajstić information content (AvgIpc) is 2.76. The summed E-state index contributed by atoms with van der Waals surface area (Å²) in [5.74, 6) is -1.86. The van der Waals surface area contributed by atoms with Gasteiger partial charge < -0.3 is 10.2 Å². The molecular weight excluding hydrogens is 223 g/mol. The molecule has 1 aliphatic carbocycles. The Balaban J connectivity index is 2.37. The molecule has 0 saturated heterocycles. The number of hydrogen-bond acceptors (Lipinski definition) is 2. The van der Waals surface area contributed by atoms with Crippen LogP contribution in [0.25, 0.3) is 0 Å². The topological polar surface area (TPSA) is 57.5 Å². The lowest BCUT2D eigenvalue weighted by Crippen LogP contribution is -2.42. The monoisotopic (exact) mass is 238 g/mol. The van der Waals surface area contributed by atoms with Gasteiger partial charge in [-0.3, -0.25) is 0 Å². The Bertz CT molecular complexity index is 406. The Morgan fingerprint density at radius 2 is 1.94 bits per heavy atom. The first kappa shape index (κ1) is 12.0. The number of alkyl halides is 1. The molecule has 0 aliphatic heterocycles. The molecule has 0 spiro atoms. The van der Waals surface area contributed by atoms with Crippen LogP contribution in [0.4, 0.5) is 4.39 Å². The van der Waals surface area contributed by atoms with E-state index in [1.807, 2.05) is 0 Å². The lowest BCUT2D eigenvalue weighted by molar-refractivity contribution is -0.166. The van der Waals surface area contributed by atoms with Crippen molar-refractivity contribution in [2.75, 3.05) is 0 Å². The number of carboxylic acid groups (broad SMARTS) is 1. The normalized spacial score (nSPS) is 27.6. The van der Waals surface area contributed by atoms with Gasteiger partial charge in [-0.15, -0.1) is 0 Å². The maximum absolute atomic E-state index is 13.2. The molecule has 1 aromatic carbocycles. The average molecular weight is 238 g/mol. The van der Waals surface area contributed by atoms with Gasteiger partial charge in [-0.2, -0.15) is 0 Å². The number of aliphatic carboxylic acids is 1. The highest BCUT2D eigenvalue weighted by Gasteiger charge is 2.48. The second kappa shape index (κ2) is 4.45. The lowest BCUT2D eigenvalue weighted by Gasteiger charge is -2.30. The van der Waals surface area contributed by atoms with Gasteiger partial charge in [0.2, 0.25) is 0 Å². The third-order valence-electron chi connectivity index (χ3n) is 3.50. The Morgan fingerprint density at radius 1 is 1.29 bits per heavy atom. The van der Waals surface area contributed by atoms with Crippen LogP contribution in [-0.2, 0) is 10.4 Å². The van der Waals surface area contributed by atoms with Gasteiger partial charge in [0, 0.05) is 5.92 Å². The summed E-state index contributed by atoms with van der Waals surface area (Å²) in [5.41, 5.74) is -1.64. The Morgan fingerprint density at radius 3 is 2.41 bits per heavy atom. The maximum atomic E-state index is 13.2. The number of carboxylic acids is 1. The first-order valence-electron chi connectivity index (χ1n) is 5.70. The fraction of sp³-hybridized carbons (Fsp3) is 0.462. The molecule has 0 radical (unpaired) electrons.